The van der Waals surface area contributed by atoms with Crippen molar-refractivity contribution < 1.29 is 4.79 Å². The SMILES string of the molecule is CN(C)C(=O)CC[N+](C)C. The molecule has 0 saturated heterocycles. The van der Waals surface area contributed by atoms with E-state index in [9.17, 15) is 4.79 Å². The van der Waals surface area contributed by atoms with E-state index in [1.807, 2.05) is 19.0 Å². The van der Waals surface area contributed by atoms with Crippen molar-refractivity contribution in [2.24, 2.45) is 0 Å². The molecule has 0 aliphatic rings. The number of hydrogen-bond donors (Lipinski definition) is 0. The smallest absolute Gasteiger partial charge is 0.227 e. The minimum atomic E-state index is 0.189. The van der Waals surface area contributed by atoms with E-state index >= 15 is 0 Å². The molecule has 0 saturated carbocycles. The van der Waals surface area contributed by atoms with Crippen LogP contribution in [0.5, 0.6) is 0 Å². The highest BCUT2D eigenvalue weighted by Crippen LogP contribution is 1.86. The van der Waals surface area contributed by atoms with Gasteiger partial charge in [0.25, 0.3) is 0 Å². The lowest BCUT2D eigenvalue weighted by atomic mass is 10.4. The predicted octanol–water partition coefficient (Wildman–Crippen LogP) is -0.136. The maximum atomic E-state index is 10.9. The second kappa shape index (κ2) is 4.28. The standard InChI is InChI=1S/C7H16N2O/c1-8(2)6-5-7(10)9(3)4/h5-6H2,1-4H3/q+1. The fourth-order valence-electron chi connectivity index (χ4n) is 0.543. The second-order valence-corrected chi connectivity index (χ2v) is 2.84. The van der Waals surface area contributed by atoms with Crippen molar-refractivity contribution in [2.75, 3.05) is 34.7 Å². The Morgan fingerprint density at radius 2 is 1.90 bits per heavy atom. The Kier molecular flexibility index (Phi) is 4.03. The third-order valence-corrected chi connectivity index (χ3v) is 1.27. The lowest BCUT2D eigenvalue weighted by molar-refractivity contribution is -0.128. The van der Waals surface area contributed by atoms with Crippen LogP contribution in [0.25, 0.3) is 0 Å². The van der Waals surface area contributed by atoms with Crippen molar-refractivity contribution in [3.8, 4) is 0 Å². The number of carbonyl (C=O) groups excluding carboxylic acids is 1. The van der Waals surface area contributed by atoms with Crippen molar-refractivity contribution in [1.82, 2.24) is 9.80 Å². The van der Waals surface area contributed by atoms with Gasteiger partial charge in [-0.2, -0.15) is 4.90 Å². The third kappa shape index (κ3) is 4.32. The van der Waals surface area contributed by atoms with Gasteiger partial charge in [0.2, 0.25) is 5.91 Å². The summed E-state index contributed by atoms with van der Waals surface area (Å²) in [5.41, 5.74) is 0. The largest absolute Gasteiger partial charge is 0.349 e. The number of carbonyl (C=O) groups is 1. The summed E-state index contributed by atoms with van der Waals surface area (Å²) in [6.45, 7) is 0.830. The maximum absolute atomic E-state index is 10.9. The molecule has 0 atom stereocenters. The van der Waals surface area contributed by atoms with Gasteiger partial charge in [0, 0.05) is 14.1 Å². The molecule has 0 aliphatic heterocycles. The van der Waals surface area contributed by atoms with Gasteiger partial charge in [0.15, 0.2) is 0 Å². The van der Waals surface area contributed by atoms with Gasteiger partial charge < -0.3 is 4.90 Å². The molecule has 0 heterocycles. The predicted molar refractivity (Wildman–Crippen MR) is 42.2 cm³/mol. The van der Waals surface area contributed by atoms with Crippen LogP contribution in [0.3, 0.4) is 0 Å². The summed E-state index contributed by atoms with van der Waals surface area (Å²) < 4.78 is 0. The Morgan fingerprint density at radius 1 is 1.40 bits per heavy atom. The van der Waals surface area contributed by atoms with E-state index in [0.29, 0.717) is 6.42 Å². The van der Waals surface area contributed by atoms with Crippen LogP contribution in [0.4, 0.5) is 0 Å². The zero-order chi connectivity index (χ0) is 8.15. The van der Waals surface area contributed by atoms with Crippen LogP contribution < -0.4 is 4.90 Å². The van der Waals surface area contributed by atoms with Crippen LogP contribution >= 0.6 is 0 Å². The van der Waals surface area contributed by atoms with E-state index in [1.165, 1.54) is 0 Å². The average molecular weight is 144 g/mol. The van der Waals surface area contributed by atoms with Crippen LogP contribution in [0.1, 0.15) is 6.42 Å². The molecule has 0 aliphatic carbocycles. The van der Waals surface area contributed by atoms with E-state index in [4.69, 9.17) is 0 Å². The van der Waals surface area contributed by atoms with Gasteiger partial charge in [-0.1, -0.05) is 0 Å². The highest BCUT2D eigenvalue weighted by Gasteiger charge is 2.07. The van der Waals surface area contributed by atoms with Gasteiger partial charge in [-0.05, 0) is 0 Å². The van der Waals surface area contributed by atoms with Gasteiger partial charge in [0.1, 0.15) is 20.6 Å². The number of amides is 1. The Balaban J connectivity index is 3.40. The third-order valence-electron chi connectivity index (χ3n) is 1.27. The van der Waals surface area contributed by atoms with Gasteiger partial charge in [-0.15, -0.1) is 0 Å². The van der Waals surface area contributed by atoms with Crippen LogP contribution in [0.15, 0.2) is 0 Å². The summed E-state index contributed by atoms with van der Waals surface area (Å²) in [7, 11) is 7.47. The molecule has 1 radical (unpaired) electrons. The number of rotatable bonds is 3. The Labute approximate surface area is 62.6 Å². The molecule has 0 N–H and O–H groups in total. The van der Waals surface area contributed by atoms with Gasteiger partial charge in [-0.3, -0.25) is 4.79 Å². The van der Waals surface area contributed by atoms with Crippen molar-refractivity contribution in [3.05, 3.63) is 0 Å². The van der Waals surface area contributed by atoms with E-state index in [-0.39, 0.29) is 5.91 Å². The lowest BCUT2D eigenvalue weighted by Crippen LogP contribution is -2.28. The monoisotopic (exact) mass is 144 g/mol. The molecule has 0 unspecified atom stereocenters. The Bertz CT molecular complexity index is 110. The summed E-state index contributed by atoms with van der Waals surface area (Å²) in [6.07, 6.45) is 0.611. The maximum Gasteiger partial charge on any atom is 0.227 e. The summed E-state index contributed by atoms with van der Waals surface area (Å²) in [4.78, 5) is 14.6. The number of hydrogen-bond acceptors (Lipinski definition) is 2. The van der Waals surface area contributed by atoms with Gasteiger partial charge in [0.05, 0.1) is 6.42 Å². The summed E-state index contributed by atoms with van der Waals surface area (Å²) in [5.74, 6) is 0.189. The normalized spacial score (nSPS) is 10.1. The molecule has 0 aromatic rings. The van der Waals surface area contributed by atoms with E-state index in [0.717, 1.165) is 6.54 Å². The molecule has 1 amide bonds. The Morgan fingerprint density at radius 3 is 2.20 bits per heavy atom. The molecule has 0 aromatic carbocycles. The summed E-state index contributed by atoms with van der Waals surface area (Å²) in [6, 6.07) is 0. The van der Waals surface area contributed by atoms with Crippen molar-refractivity contribution in [3.63, 3.8) is 0 Å². The molecule has 0 spiro atoms. The van der Waals surface area contributed by atoms with E-state index in [1.54, 1.807) is 19.0 Å². The zero-order valence-corrected chi connectivity index (χ0v) is 7.22. The zero-order valence-electron chi connectivity index (χ0n) is 7.22. The molecule has 10 heavy (non-hydrogen) atoms. The minimum Gasteiger partial charge on any atom is -0.349 e. The van der Waals surface area contributed by atoms with Crippen LogP contribution in [-0.4, -0.2) is 45.5 Å². The summed E-state index contributed by atoms with van der Waals surface area (Å²) >= 11 is 0. The van der Waals surface area contributed by atoms with E-state index < -0.39 is 0 Å². The van der Waals surface area contributed by atoms with Gasteiger partial charge in [-0.25, -0.2) is 0 Å². The molecule has 3 nitrogen and oxygen atoms in total. The molecular weight excluding hydrogens is 128 g/mol. The van der Waals surface area contributed by atoms with Gasteiger partial charge >= 0.3 is 0 Å². The Hall–Kier alpha value is -0.570. The van der Waals surface area contributed by atoms with Crippen LogP contribution in [0.2, 0.25) is 0 Å². The molecule has 59 valence electrons. The first-order valence-corrected chi connectivity index (χ1v) is 3.39. The molecule has 3 heteroatoms. The molecular formula is C7H16N2O+. The van der Waals surface area contributed by atoms with E-state index in [2.05, 4.69) is 0 Å². The summed E-state index contributed by atoms with van der Waals surface area (Å²) in [5, 5.41) is 0. The van der Waals surface area contributed by atoms with Crippen molar-refractivity contribution in [1.29, 1.82) is 0 Å². The molecule has 0 aromatic heterocycles. The topological polar surface area (TPSA) is 26.2 Å². The molecule has 0 fully saturated rings. The fraction of sp³-hybridized carbons (Fsp3) is 0.857. The molecule has 0 bridgehead atoms. The number of nitrogens with zero attached hydrogens (tertiary/aromatic N) is 2. The average Bonchev–Trinajstić information content (AvgIpc) is 1.82. The highest BCUT2D eigenvalue weighted by molar-refractivity contribution is 5.75. The fourth-order valence-corrected chi connectivity index (χ4v) is 0.543. The van der Waals surface area contributed by atoms with Crippen LogP contribution in [0, 0.1) is 0 Å². The second-order valence-electron chi connectivity index (χ2n) is 2.84. The minimum absolute atomic E-state index is 0.189. The first kappa shape index (κ1) is 9.43. The van der Waals surface area contributed by atoms with Crippen LogP contribution in [-0.2, 0) is 4.79 Å². The quantitative estimate of drug-likeness (QED) is 0.506. The lowest BCUT2D eigenvalue weighted by Gasteiger charge is -2.08. The van der Waals surface area contributed by atoms with Crippen molar-refractivity contribution in [2.45, 2.75) is 6.42 Å². The first-order valence-electron chi connectivity index (χ1n) is 3.39. The van der Waals surface area contributed by atoms with Crippen molar-refractivity contribution >= 4 is 5.91 Å². The molecule has 0 rings (SSSR count). The first-order chi connectivity index (χ1) is 4.54. The highest BCUT2D eigenvalue weighted by atomic mass is 16.2.